The smallest absolute Gasteiger partial charge is 0.377 e. The summed E-state index contributed by atoms with van der Waals surface area (Å²) in [4.78, 5) is 15.5. The predicted octanol–water partition coefficient (Wildman–Crippen LogP) is 11.3. The number of aromatic nitrogens is 8. The zero-order valence-electron chi connectivity index (χ0n) is 43.7. The van der Waals surface area contributed by atoms with Crippen molar-refractivity contribution in [3.05, 3.63) is 230 Å². The predicted molar refractivity (Wildman–Crippen MR) is 297 cm³/mol. The Kier molecular flexibility index (Phi) is 20.5. The highest BCUT2D eigenvalue weighted by Gasteiger charge is 2.36. The van der Waals surface area contributed by atoms with E-state index in [-0.39, 0.29) is 32.6 Å². The molecular formula is C58H52F6N10O6S2. The normalized spacial score (nSPS) is 12.4. The molecule has 11 rings (SSSR count). The van der Waals surface area contributed by atoms with E-state index < -0.39 is 43.8 Å². The van der Waals surface area contributed by atoms with E-state index in [0.29, 0.717) is 11.1 Å². The van der Waals surface area contributed by atoms with Crippen molar-refractivity contribution in [2.75, 3.05) is 26.4 Å². The van der Waals surface area contributed by atoms with E-state index in [2.05, 4.69) is 30.1 Å². The first kappa shape index (κ1) is 60.9. The maximum atomic E-state index is 13.1. The van der Waals surface area contributed by atoms with Crippen LogP contribution >= 0.6 is 0 Å². The van der Waals surface area contributed by atoms with Crippen LogP contribution in [0.4, 0.5) is 26.3 Å². The molecule has 0 atom stereocenters. The van der Waals surface area contributed by atoms with Crippen LogP contribution in [0.5, 0.6) is 0 Å². The summed E-state index contributed by atoms with van der Waals surface area (Å²) in [6.45, 7) is 6.85. The SMILES string of the molecule is C1COCCO1.Cc1ccc(-c2cc(C(F)(F)F)nn2-c2ccc(S(N)(=O)=O)cc2)cc1.Cc1ccc(-c2cc(C(F)(F)F)nn2-c2ccc(S(N)(=O)=O)cc2)cc1.c1cc(-c2ccncc2)ccn1.c1cc(-c2ccncc2)ccn1. The van der Waals surface area contributed by atoms with E-state index in [0.717, 1.165) is 59.1 Å². The number of pyridine rings is 4. The average Bonchev–Trinajstić information content (AvgIpc) is 4.35. The van der Waals surface area contributed by atoms with Gasteiger partial charge in [-0.25, -0.2) is 36.5 Å². The molecule has 0 bridgehead atoms. The molecule has 1 aliphatic rings. The Morgan fingerprint density at radius 3 is 0.866 bits per heavy atom. The zero-order chi connectivity index (χ0) is 58.9. The van der Waals surface area contributed by atoms with Crippen molar-refractivity contribution >= 4 is 20.0 Å². The highest BCUT2D eigenvalue weighted by atomic mass is 32.2. The lowest BCUT2D eigenvalue weighted by Crippen LogP contribution is -2.16. The van der Waals surface area contributed by atoms with Gasteiger partial charge >= 0.3 is 12.4 Å². The van der Waals surface area contributed by atoms with Crippen molar-refractivity contribution in [2.45, 2.75) is 36.0 Å². The second-order valence-corrected chi connectivity index (χ2v) is 20.7. The number of alkyl halides is 6. The summed E-state index contributed by atoms with van der Waals surface area (Å²) in [5, 5.41) is 17.4. The molecule has 24 heteroatoms. The summed E-state index contributed by atoms with van der Waals surface area (Å²) in [6, 6.07) is 42.0. The number of primary sulfonamides is 2. The molecule has 0 aliphatic carbocycles. The Morgan fingerprint density at radius 1 is 0.390 bits per heavy atom. The monoisotopic (exact) mass is 1160 g/mol. The zero-order valence-corrected chi connectivity index (χ0v) is 45.4. The number of halogens is 6. The lowest BCUT2D eigenvalue weighted by molar-refractivity contribution is -0.142. The highest BCUT2D eigenvalue weighted by molar-refractivity contribution is 7.89. The first-order chi connectivity index (χ1) is 39.0. The molecule has 10 aromatic rings. The third-order valence-electron chi connectivity index (χ3n) is 11.6. The minimum atomic E-state index is -4.61. The molecule has 424 valence electrons. The average molecular weight is 1160 g/mol. The Bertz CT molecular complexity index is 3490. The highest BCUT2D eigenvalue weighted by Crippen LogP contribution is 2.35. The second kappa shape index (κ2) is 27.6. The summed E-state index contributed by atoms with van der Waals surface area (Å²) in [6.07, 6.45) is 5.09. The first-order valence-electron chi connectivity index (χ1n) is 24.6. The van der Waals surface area contributed by atoms with Crippen LogP contribution < -0.4 is 10.3 Å². The van der Waals surface area contributed by atoms with Gasteiger partial charge in [0.1, 0.15) is 0 Å². The van der Waals surface area contributed by atoms with E-state index in [1.807, 2.05) is 62.4 Å². The van der Waals surface area contributed by atoms with Gasteiger partial charge in [-0.15, -0.1) is 0 Å². The summed E-state index contributed by atoms with van der Waals surface area (Å²) >= 11 is 0. The van der Waals surface area contributed by atoms with Crippen LogP contribution in [0, 0.1) is 13.8 Å². The molecule has 0 amide bonds. The molecule has 82 heavy (non-hydrogen) atoms. The fourth-order valence-electron chi connectivity index (χ4n) is 7.46. The van der Waals surface area contributed by atoms with Gasteiger partial charge < -0.3 is 9.47 Å². The maximum absolute atomic E-state index is 13.1. The van der Waals surface area contributed by atoms with Crippen LogP contribution in [0.25, 0.3) is 56.1 Å². The number of ether oxygens (including phenoxy) is 2. The van der Waals surface area contributed by atoms with E-state index in [1.165, 1.54) is 70.8 Å². The third-order valence-corrected chi connectivity index (χ3v) is 13.5. The van der Waals surface area contributed by atoms with E-state index >= 15 is 0 Å². The lowest BCUT2D eigenvalue weighted by Gasteiger charge is -2.09. The molecule has 1 aliphatic heterocycles. The van der Waals surface area contributed by atoms with Gasteiger partial charge in [0.15, 0.2) is 11.4 Å². The van der Waals surface area contributed by atoms with Gasteiger partial charge in [-0.05, 0) is 145 Å². The van der Waals surface area contributed by atoms with Crippen LogP contribution in [0.2, 0.25) is 0 Å². The number of benzene rings is 4. The summed E-state index contributed by atoms with van der Waals surface area (Å²) in [5.41, 5.74) is 6.69. The van der Waals surface area contributed by atoms with Gasteiger partial charge in [-0.3, -0.25) is 19.9 Å². The van der Waals surface area contributed by atoms with E-state index in [4.69, 9.17) is 19.8 Å². The van der Waals surface area contributed by atoms with Gasteiger partial charge in [0.05, 0.1) is 59.0 Å². The van der Waals surface area contributed by atoms with Crippen LogP contribution in [0.1, 0.15) is 22.5 Å². The molecule has 4 aromatic carbocycles. The van der Waals surface area contributed by atoms with Crippen LogP contribution in [-0.2, 0) is 41.9 Å². The largest absolute Gasteiger partial charge is 0.435 e. The summed E-state index contributed by atoms with van der Waals surface area (Å²) in [7, 11) is -7.79. The quantitative estimate of drug-likeness (QED) is 0.136. The van der Waals surface area contributed by atoms with Crippen molar-refractivity contribution < 1.29 is 52.7 Å². The number of hydrogen-bond acceptors (Lipinski definition) is 12. The maximum Gasteiger partial charge on any atom is 0.435 e. The molecule has 4 N–H and O–H groups in total. The summed E-state index contributed by atoms with van der Waals surface area (Å²) in [5.74, 6) is 0. The lowest BCUT2D eigenvalue weighted by atomic mass is 10.1. The van der Waals surface area contributed by atoms with Gasteiger partial charge in [0.25, 0.3) is 0 Å². The third kappa shape index (κ3) is 17.6. The van der Waals surface area contributed by atoms with Crippen LogP contribution in [-0.4, -0.2) is 82.8 Å². The Labute approximate surface area is 468 Å². The molecular weight excluding hydrogens is 1110 g/mol. The van der Waals surface area contributed by atoms with Gasteiger partial charge in [-0.1, -0.05) is 59.7 Å². The molecule has 0 saturated carbocycles. The molecule has 1 fully saturated rings. The minimum absolute atomic E-state index is 0.138. The number of rotatable bonds is 8. The van der Waals surface area contributed by atoms with Gasteiger partial charge in [-0.2, -0.15) is 36.5 Å². The first-order valence-corrected chi connectivity index (χ1v) is 27.7. The van der Waals surface area contributed by atoms with Crippen molar-refractivity contribution in [2.24, 2.45) is 10.3 Å². The topological polar surface area (TPSA) is 226 Å². The fourth-order valence-corrected chi connectivity index (χ4v) is 8.50. The summed E-state index contributed by atoms with van der Waals surface area (Å²) < 4.78 is 136. The van der Waals surface area contributed by atoms with Gasteiger partial charge in [0, 0.05) is 60.7 Å². The van der Waals surface area contributed by atoms with E-state index in [9.17, 15) is 43.2 Å². The Hall–Kier alpha value is -8.78. The molecule has 6 aromatic heterocycles. The molecule has 1 saturated heterocycles. The van der Waals surface area contributed by atoms with Crippen LogP contribution in [0.3, 0.4) is 0 Å². The number of sulfonamides is 2. The Morgan fingerprint density at radius 2 is 0.646 bits per heavy atom. The van der Waals surface area contributed by atoms with Gasteiger partial charge in [0.2, 0.25) is 20.0 Å². The number of aryl methyl sites for hydroxylation is 2. The fraction of sp³-hybridized carbons (Fsp3) is 0.138. The second-order valence-electron chi connectivity index (χ2n) is 17.6. The number of nitrogens with two attached hydrogens (primary N) is 2. The Balaban J connectivity index is 0.000000160. The van der Waals surface area contributed by atoms with Crippen LogP contribution in [0.15, 0.2) is 217 Å². The standard InChI is InChI=1S/2C17H14F3N3O2S.2C10H8N2.C4H8O2/c2*1-11-2-4-12(5-3-11)15-10-16(17(18,19)20)22-23(15)13-6-8-14(9-7-13)26(21,24)25;2*1-5-11-6-2-9(1)10-3-7-12-8-4-10;1-2-6-4-3-5-1/h2*2-10H,1H3,(H2,21,24,25);2*1-8H;1-4H2. The van der Waals surface area contributed by atoms with Crippen molar-refractivity contribution in [3.63, 3.8) is 0 Å². The molecule has 0 unspecified atom stereocenters. The number of nitrogens with zero attached hydrogens (tertiary/aromatic N) is 8. The van der Waals surface area contributed by atoms with Crippen molar-refractivity contribution in [1.82, 2.24) is 39.5 Å². The molecule has 0 radical (unpaired) electrons. The molecule has 16 nitrogen and oxygen atoms in total. The van der Waals surface area contributed by atoms with Crippen molar-refractivity contribution in [1.29, 1.82) is 0 Å². The van der Waals surface area contributed by atoms with E-state index in [1.54, 1.807) is 98.1 Å². The van der Waals surface area contributed by atoms with Crippen molar-refractivity contribution in [3.8, 4) is 56.1 Å². The molecule has 7 heterocycles. The number of hydrogen-bond donors (Lipinski definition) is 2. The minimum Gasteiger partial charge on any atom is -0.377 e. The molecule has 0 spiro atoms.